The average molecular weight is 524 g/mol. The van der Waals surface area contributed by atoms with E-state index in [-0.39, 0.29) is 21.9 Å². The van der Waals surface area contributed by atoms with Crippen LogP contribution < -0.4 is 10.5 Å². The summed E-state index contributed by atoms with van der Waals surface area (Å²) < 4.78 is 71.2. The van der Waals surface area contributed by atoms with Crippen molar-refractivity contribution >= 4 is 32.7 Å². The van der Waals surface area contributed by atoms with Crippen LogP contribution in [0.25, 0.3) is 16.2 Å². The number of ether oxygens (including phenoxy) is 1. The number of halogens is 3. The number of carbonyl (C=O) groups excluding carboxylic acids is 1. The first-order chi connectivity index (χ1) is 16.3. The number of benzene rings is 1. The lowest BCUT2D eigenvalue weighted by Gasteiger charge is -2.19. The lowest BCUT2D eigenvalue weighted by molar-refractivity contribution is -0.139. The van der Waals surface area contributed by atoms with Gasteiger partial charge in [-0.2, -0.15) is 13.2 Å². The molecule has 0 aliphatic rings. The summed E-state index contributed by atoms with van der Waals surface area (Å²) in [6.45, 7) is 1.46. The molecule has 2 N–H and O–H groups in total. The van der Waals surface area contributed by atoms with Crippen molar-refractivity contribution in [3.8, 4) is 16.3 Å². The van der Waals surface area contributed by atoms with Crippen molar-refractivity contribution in [2.24, 2.45) is 5.73 Å². The lowest BCUT2D eigenvalue weighted by Crippen LogP contribution is -2.15. The molecule has 7 nitrogen and oxygen atoms in total. The van der Waals surface area contributed by atoms with Crippen LogP contribution in [0.4, 0.5) is 13.2 Å². The van der Waals surface area contributed by atoms with Crippen molar-refractivity contribution in [2.75, 3.05) is 6.26 Å². The third kappa shape index (κ3) is 5.33. The number of hydrogen-bond donors (Lipinski definition) is 1. The average Bonchev–Trinajstić information content (AvgIpc) is 3.35. The zero-order chi connectivity index (χ0) is 25.5. The van der Waals surface area contributed by atoms with Gasteiger partial charge in [0, 0.05) is 24.1 Å². The molecule has 35 heavy (non-hydrogen) atoms. The summed E-state index contributed by atoms with van der Waals surface area (Å²) in [5.41, 5.74) is 6.24. The Hall–Kier alpha value is -3.38. The fourth-order valence-corrected chi connectivity index (χ4v) is 5.44. The van der Waals surface area contributed by atoms with E-state index in [1.165, 1.54) is 31.2 Å². The van der Waals surface area contributed by atoms with E-state index in [0.717, 1.165) is 23.7 Å². The normalized spacial score (nSPS) is 13.2. The minimum Gasteiger partial charge on any atom is -0.484 e. The number of thiophene rings is 1. The number of nitrogens with two attached hydrogens (primary N) is 1. The highest BCUT2D eigenvalue weighted by Gasteiger charge is 2.35. The maximum Gasteiger partial charge on any atom is 0.416 e. The van der Waals surface area contributed by atoms with E-state index in [1.807, 2.05) is 0 Å². The summed E-state index contributed by atoms with van der Waals surface area (Å²) in [7, 11) is -3.27. The number of hydrogen-bond acceptors (Lipinski definition) is 6. The highest BCUT2D eigenvalue weighted by molar-refractivity contribution is 7.89. The third-order valence-electron chi connectivity index (χ3n) is 5.18. The van der Waals surface area contributed by atoms with Crippen LogP contribution in [0.15, 0.2) is 54.9 Å². The van der Waals surface area contributed by atoms with Crippen molar-refractivity contribution in [1.29, 1.82) is 0 Å². The predicted molar refractivity (Wildman–Crippen MR) is 126 cm³/mol. The molecule has 3 heterocycles. The Balaban J connectivity index is 1.73. The second kappa shape index (κ2) is 9.00. The second-order valence-electron chi connectivity index (χ2n) is 7.99. The van der Waals surface area contributed by atoms with E-state index in [0.29, 0.717) is 21.8 Å². The van der Waals surface area contributed by atoms with Crippen LogP contribution in [0, 0.1) is 0 Å². The molecule has 0 saturated heterocycles. The molecule has 184 valence electrons. The Morgan fingerprint density at radius 3 is 2.60 bits per heavy atom. The molecule has 1 aromatic carbocycles. The Labute approximate surface area is 202 Å². The molecule has 0 aliphatic heterocycles. The largest absolute Gasteiger partial charge is 0.484 e. The van der Waals surface area contributed by atoms with E-state index in [2.05, 4.69) is 4.98 Å². The molecule has 1 amide bonds. The minimum atomic E-state index is -4.57. The third-order valence-corrected chi connectivity index (χ3v) is 7.19. The van der Waals surface area contributed by atoms with Crippen LogP contribution in [0.2, 0.25) is 0 Å². The zero-order valence-electron chi connectivity index (χ0n) is 18.5. The molecule has 1 atom stereocenters. The van der Waals surface area contributed by atoms with E-state index in [1.54, 1.807) is 28.9 Å². The fourth-order valence-electron chi connectivity index (χ4n) is 3.72. The molecule has 3 aromatic heterocycles. The van der Waals surface area contributed by atoms with Crippen LogP contribution in [0.1, 0.15) is 39.4 Å². The molecular weight excluding hydrogens is 503 g/mol. The number of primary amides is 1. The van der Waals surface area contributed by atoms with Crippen molar-refractivity contribution in [3.05, 3.63) is 76.4 Å². The van der Waals surface area contributed by atoms with E-state index < -0.39 is 33.6 Å². The maximum atomic E-state index is 13.5. The number of alkyl halides is 3. The van der Waals surface area contributed by atoms with Crippen LogP contribution >= 0.6 is 11.3 Å². The first-order valence-electron chi connectivity index (χ1n) is 10.2. The van der Waals surface area contributed by atoms with Gasteiger partial charge in [-0.05, 0) is 24.6 Å². The smallest absolute Gasteiger partial charge is 0.416 e. The number of imidazole rings is 1. The molecular formula is C23H20F3N3O4S2. The minimum absolute atomic E-state index is 0.0404. The van der Waals surface area contributed by atoms with Crippen LogP contribution in [0.5, 0.6) is 5.75 Å². The molecule has 0 bridgehead atoms. The quantitative estimate of drug-likeness (QED) is 0.372. The molecule has 0 fully saturated rings. The van der Waals surface area contributed by atoms with Crippen LogP contribution in [-0.4, -0.2) is 30.0 Å². The Morgan fingerprint density at radius 2 is 1.94 bits per heavy atom. The molecule has 0 saturated carbocycles. The summed E-state index contributed by atoms with van der Waals surface area (Å²) in [4.78, 5) is 17.0. The Bertz CT molecular complexity index is 1520. The standard InChI is InChI=1S/C23H20F3N3O4S2/c1-13(15-5-3-4-6-16(15)23(24,25)26)33-18-9-19(34-21(18)22(27)30)17-10-28-20-8-7-14(11-29(17)20)12-35(2,31)32/h3-11,13H,12H2,1-2H3,(H2,27,30). The first-order valence-corrected chi connectivity index (χ1v) is 13.1. The number of rotatable bonds is 7. The van der Waals surface area contributed by atoms with Gasteiger partial charge in [0.2, 0.25) is 0 Å². The van der Waals surface area contributed by atoms with Gasteiger partial charge in [0.25, 0.3) is 5.91 Å². The first kappa shape index (κ1) is 24.7. The predicted octanol–water partition coefficient (Wildman–Crippen LogP) is 4.87. The Morgan fingerprint density at radius 1 is 1.23 bits per heavy atom. The summed E-state index contributed by atoms with van der Waals surface area (Å²) in [6.07, 6.45) is -1.29. The Kier molecular flexibility index (Phi) is 6.36. The highest BCUT2D eigenvalue weighted by atomic mass is 32.2. The van der Waals surface area contributed by atoms with Crippen molar-refractivity contribution in [1.82, 2.24) is 9.38 Å². The van der Waals surface area contributed by atoms with Gasteiger partial charge in [0.1, 0.15) is 22.4 Å². The number of aromatic nitrogens is 2. The molecule has 0 aliphatic carbocycles. The lowest BCUT2D eigenvalue weighted by atomic mass is 10.0. The van der Waals surface area contributed by atoms with Gasteiger partial charge in [0.15, 0.2) is 9.84 Å². The van der Waals surface area contributed by atoms with Crippen LogP contribution in [-0.2, 0) is 21.8 Å². The van der Waals surface area contributed by atoms with Gasteiger partial charge in [-0.3, -0.25) is 9.20 Å². The molecule has 4 aromatic rings. The molecule has 4 rings (SSSR count). The number of carbonyl (C=O) groups is 1. The van der Waals surface area contributed by atoms with E-state index in [9.17, 15) is 26.4 Å². The molecule has 12 heteroatoms. The van der Waals surface area contributed by atoms with Gasteiger partial charge in [-0.25, -0.2) is 13.4 Å². The number of pyridine rings is 1. The van der Waals surface area contributed by atoms with Gasteiger partial charge in [-0.1, -0.05) is 24.3 Å². The zero-order valence-corrected chi connectivity index (χ0v) is 20.2. The second-order valence-corrected chi connectivity index (χ2v) is 11.2. The van der Waals surface area contributed by atoms with Crippen LogP contribution in [0.3, 0.4) is 0 Å². The fraction of sp³-hybridized carbons (Fsp3) is 0.217. The maximum absolute atomic E-state index is 13.5. The SMILES string of the molecule is CC(Oc1cc(-c2cnc3ccc(CS(C)(=O)=O)cn23)sc1C(N)=O)c1ccccc1C(F)(F)F. The van der Waals surface area contributed by atoms with Gasteiger partial charge < -0.3 is 10.5 Å². The van der Waals surface area contributed by atoms with Crippen molar-refractivity contribution in [2.45, 2.75) is 25.0 Å². The van der Waals surface area contributed by atoms with Gasteiger partial charge in [0.05, 0.1) is 28.1 Å². The van der Waals surface area contributed by atoms with E-state index in [4.69, 9.17) is 10.5 Å². The number of nitrogens with zero attached hydrogens (tertiary/aromatic N) is 2. The summed E-state index contributed by atoms with van der Waals surface area (Å²) >= 11 is 1.01. The van der Waals surface area contributed by atoms with E-state index >= 15 is 0 Å². The number of amides is 1. The summed E-state index contributed by atoms with van der Waals surface area (Å²) in [6, 6.07) is 9.90. The summed E-state index contributed by atoms with van der Waals surface area (Å²) in [5, 5.41) is 0. The molecule has 0 spiro atoms. The molecule has 0 radical (unpaired) electrons. The monoisotopic (exact) mass is 523 g/mol. The van der Waals surface area contributed by atoms with Crippen molar-refractivity contribution < 1.29 is 31.1 Å². The van der Waals surface area contributed by atoms with Gasteiger partial charge >= 0.3 is 6.18 Å². The van der Waals surface area contributed by atoms with Gasteiger partial charge in [-0.15, -0.1) is 11.3 Å². The number of fused-ring (bicyclic) bond motifs is 1. The number of sulfone groups is 1. The molecule has 1 unspecified atom stereocenters. The summed E-state index contributed by atoms with van der Waals surface area (Å²) in [5.74, 6) is -0.912. The topological polar surface area (TPSA) is 104 Å². The highest BCUT2D eigenvalue weighted by Crippen LogP contribution is 2.40. The van der Waals surface area contributed by atoms with Crippen molar-refractivity contribution in [3.63, 3.8) is 0 Å².